The summed E-state index contributed by atoms with van der Waals surface area (Å²) in [6.45, 7) is 17.4. The van der Waals surface area contributed by atoms with Gasteiger partial charge in [0.15, 0.2) is 0 Å². The summed E-state index contributed by atoms with van der Waals surface area (Å²) in [4.78, 5) is 9.25. The molecule has 3 atom stereocenters. The second-order valence-electron chi connectivity index (χ2n) is 9.15. The van der Waals surface area contributed by atoms with Crippen LogP contribution in [0.25, 0.3) is 0 Å². The minimum atomic E-state index is -1.25. The Bertz CT molecular complexity index is 340. The number of carboxylic acids is 1. The first-order valence-corrected chi connectivity index (χ1v) is 19.2. The van der Waals surface area contributed by atoms with Gasteiger partial charge in [-0.2, -0.15) is 0 Å². The van der Waals surface area contributed by atoms with Crippen LogP contribution in [0.5, 0.6) is 0 Å². The number of aliphatic carboxylic acids is 1. The molecule has 0 bridgehead atoms. The number of unbranched alkanes of at least 4 members (excludes halogenated alkanes) is 3. The number of carbonyl (C=O) groups is 1. The molecule has 1 radical (unpaired) electrons. The quantitative estimate of drug-likeness (QED) is 0.133. The summed E-state index contributed by atoms with van der Waals surface area (Å²) >= 11 is -1.25. The van der Waals surface area contributed by atoms with E-state index in [1.807, 2.05) is 0 Å². The zero-order valence-electron chi connectivity index (χ0n) is 21.5. The van der Waals surface area contributed by atoms with E-state index in [-0.39, 0.29) is 0 Å². The number of hydrogen-bond acceptors (Lipinski definition) is 1. The molecule has 0 aromatic heterocycles. The van der Waals surface area contributed by atoms with Crippen LogP contribution in [-0.2, 0) is 4.79 Å². The first kappa shape index (κ1) is 32.2. The minimum absolute atomic E-state index is 0.833. The maximum absolute atomic E-state index is 9.25. The van der Waals surface area contributed by atoms with E-state index in [1.54, 1.807) is 13.3 Å². The molecule has 0 saturated heterocycles. The first-order chi connectivity index (χ1) is 14.4. The van der Waals surface area contributed by atoms with Crippen molar-refractivity contribution in [3.63, 3.8) is 0 Å². The molecule has 3 heteroatoms. The Morgan fingerprint density at radius 1 is 0.733 bits per heavy atom. The van der Waals surface area contributed by atoms with Gasteiger partial charge in [0, 0.05) is 6.08 Å². The monoisotopic (exact) mass is 531 g/mol. The van der Waals surface area contributed by atoms with Gasteiger partial charge in [0.25, 0.3) is 0 Å². The second kappa shape index (κ2) is 23.7. The molecule has 179 valence electrons. The van der Waals surface area contributed by atoms with Crippen LogP contribution in [0, 0.1) is 17.8 Å². The Kier molecular flexibility index (Phi) is 25.4. The normalized spacial score (nSPS) is 14.0. The summed E-state index contributed by atoms with van der Waals surface area (Å²) in [6.07, 6.45) is 18.3. The molecule has 1 N–H and O–H groups in total. The molecule has 2 nitrogen and oxygen atoms in total. The van der Waals surface area contributed by atoms with Gasteiger partial charge in [-0.25, -0.2) is 4.79 Å². The molecule has 0 aromatic rings. The molecule has 0 aromatic carbocycles. The van der Waals surface area contributed by atoms with Crippen molar-refractivity contribution >= 4 is 25.7 Å². The zero-order chi connectivity index (χ0) is 23.2. The van der Waals surface area contributed by atoms with Crippen molar-refractivity contribution in [3.05, 3.63) is 12.7 Å². The van der Waals surface area contributed by atoms with Gasteiger partial charge in [-0.05, 0) is 0 Å². The molecule has 0 saturated carbocycles. The Balaban J connectivity index is 0. The van der Waals surface area contributed by atoms with Gasteiger partial charge in [0.05, 0.1) is 0 Å². The Morgan fingerprint density at radius 3 is 1.17 bits per heavy atom. The van der Waals surface area contributed by atoms with E-state index in [4.69, 9.17) is 5.11 Å². The van der Waals surface area contributed by atoms with Gasteiger partial charge in [0.1, 0.15) is 0 Å². The van der Waals surface area contributed by atoms with Gasteiger partial charge < -0.3 is 5.11 Å². The van der Waals surface area contributed by atoms with E-state index in [2.05, 4.69) is 48.1 Å². The van der Waals surface area contributed by atoms with E-state index in [0.29, 0.717) is 0 Å². The second-order valence-corrected chi connectivity index (χ2v) is 16.9. The fraction of sp³-hybridized carbons (Fsp3) is 0.889. The van der Waals surface area contributed by atoms with E-state index in [9.17, 15) is 4.79 Å². The first-order valence-electron chi connectivity index (χ1n) is 13.1. The zero-order valence-corrected chi connectivity index (χ0v) is 24.3. The maximum atomic E-state index is 9.25. The number of carboxylic acid groups (broad SMARTS) is 1. The molecule has 0 heterocycles. The van der Waals surface area contributed by atoms with E-state index < -0.39 is 25.7 Å². The van der Waals surface area contributed by atoms with Crippen molar-refractivity contribution in [1.82, 2.24) is 0 Å². The molecule has 0 fully saturated rings. The Morgan fingerprint density at radius 2 is 1.00 bits per heavy atom. The molecule has 0 amide bonds. The molecule has 0 rings (SSSR count). The van der Waals surface area contributed by atoms with Crippen molar-refractivity contribution in [2.75, 3.05) is 0 Å². The SMILES string of the molecule is C=CC(=O)O.CCCCC(CC)[CH2][Sn]([CH2]C(CC)CCCC)[CH2]C(CC)CCCC. The van der Waals surface area contributed by atoms with Gasteiger partial charge >= 0.3 is 175 Å². The van der Waals surface area contributed by atoms with Crippen LogP contribution in [0.1, 0.15) is 119 Å². The average molecular weight is 530 g/mol. The van der Waals surface area contributed by atoms with Crippen LogP contribution in [0.4, 0.5) is 0 Å². The van der Waals surface area contributed by atoms with Gasteiger partial charge in [0.2, 0.25) is 0 Å². The van der Waals surface area contributed by atoms with Crippen LogP contribution >= 0.6 is 0 Å². The number of hydrogen-bond donors (Lipinski definition) is 1. The van der Waals surface area contributed by atoms with Crippen molar-refractivity contribution in [1.29, 1.82) is 0 Å². The summed E-state index contributed by atoms with van der Waals surface area (Å²) in [6, 6.07) is 0. The van der Waals surface area contributed by atoms with Crippen LogP contribution in [0.2, 0.25) is 13.3 Å². The molecule has 3 unspecified atom stereocenters. The molecule has 0 aliphatic carbocycles. The standard InChI is InChI=1S/3C8H17.C3H4O2.Sn/c3*1-4-6-7-8(3)5-2;1-2-3(4)5;/h3*8H,3-7H2,1-2H3;2H,1H2,(H,4,5);. The molecule has 0 aliphatic heterocycles. The third-order valence-corrected chi connectivity index (χ3v) is 16.4. The Labute approximate surface area is 197 Å². The van der Waals surface area contributed by atoms with Crippen molar-refractivity contribution in [2.24, 2.45) is 17.8 Å². The van der Waals surface area contributed by atoms with Gasteiger partial charge in [-0.3, -0.25) is 0 Å². The third-order valence-electron chi connectivity index (χ3n) is 6.54. The van der Waals surface area contributed by atoms with E-state index in [1.165, 1.54) is 77.0 Å². The van der Waals surface area contributed by atoms with Crippen LogP contribution < -0.4 is 0 Å². The van der Waals surface area contributed by atoms with Crippen molar-refractivity contribution in [3.8, 4) is 0 Å². The predicted molar refractivity (Wildman–Crippen MR) is 138 cm³/mol. The molecule has 30 heavy (non-hydrogen) atoms. The predicted octanol–water partition coefficient (Wildman–Crippen LogP) is 9.39. The molecular formula is C27H55O2Sn. The molecule has 0 spiro atoms. The van der Waals surface area contributed by atoms with Crippen LogP contribution in [0.3, 0.4) is 0 Å². The summed E-state index contributed by atoms with van der Waals surface area (Å²) in [5.74, 6) is 2.23. The van der Waals surface area contributed by atoms with E-state index in [0.717, 1.165) is 23.8 Å². The van der Waals surface area contributed by atoms with Crippen LogP contribution in [0.15, 0.2) is 12.7 Å². The van der Waals surface area contributed by atoms with Crippen molar-refractivity contribution < 1.29 is 9.90 Å². The summed E-state index contributed by atoms with van der Waals surface area (Å²) in [7, 11) is 0. The molecular weight excluding hydrogens is 475 g/mol. The van der Waals surface area contributed by atoms with E-state index >= 15 is 0 Å². The van der Waals surface area contributed by atoms with Gasteiger partial charge in [-0.15, -0.1) is 0 Å². The molecule has 0 aliphatic rings. The fourth-order valence-electron chi connectivity index (χ4n) is 4.30. The summed E-state index contributed by atoms with van der Waals surface area (Å²) in [5.41, 5.74) is 0. The summed E-state index contributed by atoms with van der Waals surface area (Å²) < 4.78 is 5.14. The summed E-state index contributed by atoms with van der Waals surface area (Å²) in [5, 5.41) is 7.60. The third kappa shape index (κ3) is 19.9. The van der Waals surface area contributed by atoms with Crippen LogP contribution in [-0.4, -0.2) is 30.8 Å². The topological polar surface area (TPSA) is 37.3 Å². The Hall–Kier alpha value is 0.00870. The fourth-order valence-corrected chi connectivity index (χ4v) is 16.9. The van der Waals surface area contributed by atoms with Gasteiger partial charge in [-0.1, -0.05) is 6.58 Å². The number of rotatable bonds is 19. The average Bonchev–Trinajstić information content (AvgIpc) is 2.76. The van der Waals surface area contributed by atoms with Crippen molar-refractivity contribution in [2.45, 2.75) is 132 Å².